The Morgan fingerprint density at radius 3 is 1.40 bits per heavy atom. The summed E-state index contributed by atoms with van der Waals surface area (Å²) in [5.41, 5.74) is 0. The van der Waals surface area contributed by atoms with Gasteiger partial charge in [-0.1, -0.05) is 197 Å². The molecule has 0 rings (SSSR count). The molecule has 0 aliphatic carbocycles. The topological polar surface area (TPSA) is 69.6 Å². The standard InChI is InChI=1S/C46H83NO3/c1-3-5-7-9-11-13-15-17-18-19-20-21-22-23-24-25-26-27-28-30-31-33-35-37-39-41-45(49)44(43-48)47-46(50)42-40-38-36-34-32-29-16-14-12-10-8-6-4-2/h6,8,12,14,29,31-33,39,41,44-45,48-49H,3-5,7,9-11,13,15-28,30,34-38,40,42-43H2,1-2H3,(H,47,50)/b8-6-,14-12-,32-29-,33-31+,41-39+. The van der Waals surface area contributed by atoms with Crippen LogP contribution in [0.4, 0.5) is 0 Å². The SMILES string of the molecule is CC/C=C\C/C=C\C/C=C\CCCCCC(=O)NC(CO)C(O)/C=C/CC/C=C/CCCCCCCCCCCCCCCCCCCCC. The van der Waals surface area contributed by atoms with Gasteiger partial charge in [-0.3, -0.25) is 4.79 Å². The van der Waals surface area contributed by atoms with Crippen molar-refractivity contribution in [3.63, 3.8) is 0 Å². The fraction of sp³-hybridized carbons (Fsp3) is 0.761. The van der Waals surface area contributed by atoms with Gasteiger partial charge in [-0.25, -0.2) is 0 Å². The molecule has 2 atom stereocenters. The average molecular weight is 698 g/mol. The molecule has 0 aromatic heterocycles. The van der Waals surface area contributed by atoms with E-state index in [1.54, 1.807) is 6.08 Å². The number of carbonyl (C=O) groups excluding carboxylic acids is 1. The predicted molar refractivity (Wildman–Crippen MR) is 221 cm³/mol. The molecule has 4 heteroatoms. The van der Waals surface area contributed by atoms with Crippen molar-refractivity contribution in [3.8, 4) is 0 Å². The number of unbranched alkanes of at least 4 members (excludes halogenated alkanes) is 23. The van der Waals surface area contributed by atoms with Crippen molar-refractivity contribution in [1.29, 1.82) is 0 Å². The molecule has 0 bridgehead atoms. The summed E-state index contributed by atoms with van der Waals surface area (Å²) >= 11 is 0. The highest BCUT2D eigenvalue weighted by molar-refractivity contribution is 5.76. The lowest BCUT2D eigenvalue weighted by atomic mass is 10.0. The van der Waals surface area contributed by atoms with Gasteiger partial charge in [0.05, 0.1) is 18.8 Å². The highest BCUT2D eigenvalue weighted by atomic mass is 16.3. The lowest BCUT2D eigenvalue weighted by molar-refractivity contribution is -0.123. The van der Waals surface area contributed by atoms with E-state index >= 15 is 0 Å². The number of carbonyl (C=O) groups is 1. The number of aliphatic hydroxyl groups excluding tert-OH is 2. The molecular formula is C46H83NO3. The number of hydrogen-bond donors (Lipinski definition) is 3. The Kier molecular flexibility index (Phi) is 39.9. The molecule has 50 heavy (non-hydrogen) atoms. The summed E-state index contributed by atoms with van der Waals surface area (Å²) < 4.78 is 0. The molecule has 0 aromatic rings. The van der Waals surface area contributed by atoms with Crippen molar-refractivity contribution in [1.82, 2.24) is 5.32 Å². The van der Waals surface area contributed by atoms with Crippen LogP contribution in [0, 0.1) is 0 Å². The third-order valence-corrected chi connectivity index (χ3v) is 9.48. The van der Waals surface area contributed by atoms with Crippen LogP contribution in [0.15, 0.2) is 60.8 Å². The van der Waals surface area contributed by atoms with E-state index in [1.165, 1.54) is 122 Å². The molecule has 0 aromatic carbocycles. The first-order valence-corrected chi connectivity index (χ1v) is 21.5. The van der Waals surface area contributed by atoms with E-state index in [2.05, 4.69) is 67.8 Å². The summed E-state index contributed by atoms with van der Waals surface area (Å²) in [7, 11) is 0. The Labute approximate surface area is 311 Å². The van der Waals surface area contributed by atoms with E-state index in [1.807, 2.05) is 6.08 Å². The molecule has 3 N–H and O–H groups in total. The Morgan fingerprint density at radius 1 is 0.500 bits per heavy atom. The molecule has 0 aliphatic rings. The quantitative estimate of drug-likeness (QED) is 0.0444. The lowest BCUT2D eigenvalue weighted by Gasteiger charge is -2.19. The Morgan fingerprint density at radius 2 is 0.900 bits per heavy atom. The van der Waals surface area contributed by atoms with Gasteiger partial charge in [0, 0.05) is 6.42 Å². The number of amides is 1. The fourth-order valence-electron chi connectivity index (χ4n) is 6.21. The van der Waals surface area contributed by atoms with Crippen LogP contribution in [0.3, 0.4) is 0 Å². The average Bonchev–Trinajstić information content (AvgIpc) is 3.12. The second-order valence-electron chi connectivity index (χ2n) is 14.4. The third-order valence-electron chi connectivity index (χ3n) is 9.48. The van der Waals surface area contributed by atoms with Crippen LogP contribution in [0.25, 0.3) is 0 Å². The van der Waals surface area contributed by atoms with E-state index in [-0.39, 0.29) is 12.5 Å². The highest BCUT2D eigenvalue weighted by Gasteiger charge is 2.17. The molecule has 290 valence electrons. The Bertz CT molecular complexity index is 842. The minimum absolute atomic E-state index is 0.105. The van der Waals surface area contributed by atoms with Crippen molar-refractivity contribution in [3.05, 3.63) is 60.8 Å². The zero-order chi connectivity index (χ0) is 36.4. The molecular weight excluding hydrogens is 615 g/mol. The predicted octanol–water partition coefficient (Wildman–Crippen LogP) is 13.3. The van der Waals surface area contributed by atoms with Crippen LogP contribution in [0.2, 0.25) is 0 Å². The van der Waals surface area contributed by atoms with Crippen LogP contribution in [0.1, 0.15) is 206 Å². The van der Waals surface area contributed by atoms with Crippen LogP contribution >= 0.6 is 0 Å². The molecule has 0 heterocycles. The summed E-state index contributed by atoms with van der Waals surface area (Å²) in [6.45, 7) is 4.17. The molecule has 0 radical (unpaired) electrons. The Balaban J connectivity index is 3.61. The molecule has 0 fully saturated rings. The normalized spacial score (nSPS) is 13.6. The van der Waals surface area contributed by atoms with E-state index in [4.69, 9.17) is 0 Å². The van der Waals surface area contributed by atoms with Crippen molar-refractivity contribution < 1.29 is 15.0 Å². The lowest BCUT2D eigenvalue weighted by Crippen LogP contribution is -2.45. The molecule has 2 unspecified atom stereocenters. The van der Waals surface area contributed by atoms with Gasteiger partial charge >= 0.3 is 0 Å². The van der Waals surface area contributed by atoms with E-state index in [0.29, 0.717) is 6.42 Å². The molecule has 0 saturated carbocycles. The molecule has 4 nitrogen and oxygen atoms in total. The number of rotatable bonds is 38. The zero-order valence-electron chi connectivity index (χ0n) is 33.2. The van der Waals surface area contributed by atoms with Crippen molar-refractivity contribution in [2.75, 3.05) is 6.61 Å². The van der Waals surface area contributed by atoms with Gasteiger partial charge in [-0.2, -0.15) is 0 Å². The number of allylic oxidation sites excluding steroid dienone is 9. The summed E-state index contributed by atoms with van der Waals surface area (Å²) in [6, 6.07) is -0.655. The van der Waals surface area contributed by atoms with Gasteiger partial charge in [0.15, 0.2) is 0 Å². The number of aliphatic hydroxyl groups is 2. The first-order valence-electron chi connectivity index (χ1n) is 21.5. The van der Waals surface area contributed by atoms with E-state index < -0.39 is 12.1 Å². The van der Waals surface area contributed by atoms with Crippen LogP contribution in [-0.4, -0.2) is 34.9 Å². The minimum Gasteiger partial charge on any atom is -0.394 e. The Hall–Kier alpha value is -1.91. The number of nitrogens with one attached hydrogen (secondary N) is 1. The van der Waals surface area contributed by atoms with Crippen molar-refractivity contribution in [2.45, 2.75) is 219 Å². The monoisotopic (exact) mass is 698 g/mol. The highest BCUT2D eigenvalue weighted by Crippen LogP contribution is 2.15. The smallest absolute Gasteiger partial charge is 0.220 e. The molecule has 1 amide bonds. The number of hydrogen-bond acceptors (Lipinski definition) is 3. The van der Waals surface area contributed by atoms with Gasteiger partial charge < -0.3 is 15.5 Å². The van der Waals surface area contributed by atoms with Crippen LogP contribution < -0.4 is 5.32 Å². The van der Waals surface area contributed by atoms with Crippen LogP contribution in [0.5, 0.6) is 0 Å². The summed E-state index contributed by atoms with van der Waals surface area (Å²) in [6.07, 6.45) is 57.7. The fourth-order valence-corrected chi connectivity index (χ4v) is 6.21. The van der Waals surface area contributed by atoms with Crippen molar-refractivity contribution in [2.24, 2.45) is 0 Å². The van der Waals surface area contributed by atoms with Gasteiger partial charge in [0.25, 0.3) is 0 Å². The molecule has 0 saturated heterocycles. The van der Waals surface area contributed by atoms with Gasteiger partial charge in [-0.15, -0.1) is 0 Å². The van der Waals surface area contributed by atoms with Crippen LogP contribution in [-0.2, 0) is 4.79 Å². The van der Waals surface area contributed by atoms with Gasteiger partial charge in [-0.05, 0) is 64.2 Å². The maximum atomic E-state index is 12.3. The third kappa shape index (κ3) is 37.3. The molecule has 0 aliphatic heterocycles. The zero-order valence-corrected chi connectivity index (χ0v) is 33.2. The first-order chi connectivity index (χ1) is 24.7. The molecule has 0 spiro atoms. The largest absolute Gasteiger partial charge is 0.394 e. The maximum Gasteiger partial charge on any atom is 0.220 e. The second-order valence-corrected chi connectivity index (χ2v) is 14.4. The summed E-state index contributed by atoms with van der Waals surface area (Å²) in [5, 5.41) is 22.9. The second kappa shape index (κ2) is 41.5. The summed E-state index contributed by atoms with van der Waals surface area (Å²) in [5.74, 6) is -0.105. The minimum atomic E-state index is -0.876. The maximum absolute atomic E-state index is 12.3. The summed E-state index contributed by atoms with van der Waals surface area (Å²) in [4.78, 5) is 12.3. The van der Waals surface area contributed by atoms with Crippen molar-refractivity contribution >= 4 is 5.91 Å². The van der Waals surface area contributed by atoms with E-state index in [0.717, 1.165) is 64.2 Å². The van der Waals surface area contributed by atoms with Gasteiger partial charge in [0.1, 0.15) is 0 Å². The van der Waals surface area contributed by atoms with Gasteiger partial charge in [0.2, 0.25) is 5.91 Å². The first kappa shape index (κ1) is 48.1. The van der Waals surface area contributed by atoms with E-state index in [9.17, 15) is 15.0 Å².